The molecule has 0 aliphatic carbocycles. The first-order chi connectivity index (χ1) is 7.61. The molecule has 16 heavy (non-hydrogen) atoms. The van der Waals surface area contributed by atoms with Crippen LogP contribution in [0.15, 0.2) is 12.3 Å². The van der Waals surface area contributed by atoms with Crippen molar-refractivity contribution in [2.45, 2.75) is 25.8 Å². The molecule has 1 amide bonds. The number of nitrogens with two attached hydrogens (primary N) is 1. The quantitative estimate of drug-likeness (QED) is 0.783. The lowest BCUT2D eigenvalue weighted by Gasteiger charge is -2.21. The normalized spacial score (nSPS) is 20.1. The zero-order chi connectivity index (χ0) is 11.7. The summed E-state index contributed by atoms with van der Waals surface area (Å²) in [6.07, 6.45) is 3.29. The molecule has 0 radical (unpaired) electrons. The molecule has 0 saturated carbocycles. The highest BCUT2D eigenvalue weighted by molar-refractivity contribution is 5.95. The van der Waals surface area contributed by atoms with Crippen molar-refractivity contribution in [3.63, 3.8) is 0 Å². The average Bonchev–Trinajstić information content (AvgIpc) is 2.68. The van der Waals surface area contributed by atoms with E-state index in [-0.39, 0.29) is 23.3 Å². The summed E-state index contributed by atoms with van der Waals surface area (Å²) in [5, 5.41) is 0. The van der Waals surface area contributed by atoms with E-state index in [0.29, 0.717) is 6.54 Å². The van der Waals surface area contributed by atoms with E-state index in [1.807, 2.05) is 6.92 Å². The van der Waals surface area contributed by atoms with Crippen LogP contribution in [0.3, 0.4) is 0 Å². The smallest absolute Gasteiger partial charge is 0.257 e. The highest BCUT2D eigenvalue weighted by atomic mass is 19.1. The maximum atomic E-state index is 13.6. The first-order valence-corrected chi connectivity index (χ1v) is 5.32. The lowest BCUT2D eigenvalue weighted by Crippen LogP contribution is -2.34. The largest absolute Gasteiger partial charge is 0.381 e. The lowest BCUT2D eigenvalue weighted by atomic mass is 10.2. The third-order valence-electron chi connectivity index (χ3n) is 2.96. The maximum Gasteiger partial charge on any atom is 0.257 e. The molecule has 86 valence electrons. The second kappa shape index (κ2) is 4.08. The standard InChI is InChI=1S/C11H14FN3O/c1-7-3-2-6-15(7)11(16)8-4-5-14-10(13)9(8)12/h4-5,7H,2-3,6H2,1H3,(H2,13,14). The molecule has 0 spiro atoms. The Hall–Kier alpha value is -1.65. The molecule has 2 heterocycles. The molecular weight excluding hydrogens is 209 g/mol. The number of hydrogen-bond donors (Lipinski definition) is 1. The number of aromatic nitrogens is 1. The minimum absolute atomic E-state index is 0.0150. The van der Waals surface area contributed by atoms with Gasteiger partial charge in [-0.25, -0.2) is 9.37 Å². The molecule has 1 aliphatic heterocycles. The van der Waals surface area contributed by atoms with E-state index in [4.69, 9.17) is 5.73 Å². The van der Waals surface area contributed by atoms with E-state index in [0.717, 1.165) is 12.8 Å². The first-order valence-electron chi connectivity index (χ1n) is 5.32. The highest BCUT2D eigenvalue weighted by Gasteiger charge is 2.28. The van der Waals surface area contributed by atoms with E-state index in [9.17, 15) is 9.18 Å². The fourth-order valence-electron chi connectivity index (χ4n) is 2.01. The van der Waals surface area contributed by atoms with Gasteiger partial charge in [0.25, 0.3) is 5.91 Å². The predicted molar refractivity (Wildman–Crippen MR) is 58.3 cm³/mol. The Bertz CT molecular complexity index is 422. The van der Waals surface area contributed by atoms with Gasteiger partial charge in [0.15, 0.2) is 11.6 Å². The fraction of sp³-hybridized carbons (Fsp3) is 0.455. The predicted octanol–water partition coefficient (Wildman–Crippen LogP) is 1.43. The molecule has 1 atom stereocenters. The maximum absolute atomic E-state index is 13.6. The topological polar surface area (TPSA) is 59.2 Å². The van der Waals surface area contributed by atoms with Crippen LogP contribution in [-0.4, -0.2) is 28.4 Å². The van der Waals surface area contributed by atoms with E-state index < -0.39 is 5.82 Å². The van der Waals surface area contributed by atoms with Gasteiger partial charge in [-0.1, -0.05) is 0 Å². The molecule has 1 aromatic heterocycles. The molecule has 4 nitrogen and oxygen atoms in total. The van der Waals surface area contributed by atoms with E-state index in [1.54, 1.807) is 4.90 Å². The van der Waals surface area contributed by atoms with Crippen molar-refractivity contribution in [2.75, 3.05) is 12.3 Å². The number of rotatable bonds is 1. The van der Waals surface area contributed by atoms with Gasteiger partial charge >= 0.3 is 0 Å². The van der Waals surface area contributed by atoms with Crippen molar-refractivity contribution in [1.82, 2.24) is 9.88 Å². The van der Waals surface area contributed by atoms with Crippen molar-refractivity contribution in [1.29, 1.82) is 0 Å². The monoisotopic (exact) mass is 223 g/mol. The van der Waals surface area contributed by atoms with Gasteiger partial charge in [0.1, 0.15) is 0 Å². The van der Waals surface area contributed by atoms with Crippen molar-refractivity contribution >= 4 is 11.7 Å². The third kappa shape index (κ3) is 1.73. The third-order valence-corrected chi connectivity index (χ3v) is 2.96. The van der Waals surface area contributed by atoms with Gasteiger partial charge in [-0.2, -0.15) is 0 Å². The minimum Gasteiger partial charge on any atom is -0.381 e. The number of hydrogen-bond acceptors (Lipinski definition) is 3. The number of anilines is 1. The Labute approximate surface area is 93.3 Å². The molecule has 1 unspecified atom stereocenters. The number of halogens is 1. The molecule has 0 bridgehead atoms. The molecule has 2 N–H and O–H groups in total. The van der Waals surface area contributed by atoms with Crippen LogP contribution in [0.25, 0.3) is 0 Å². The average molecular weight is 223 g/mol. The second-order valence-corrected chi connectivity index (χ2v) is 4.05. The first kappa shape index (κ1) is 10.9. The van der Waals surface area contributed by atoms with Crippen LogP contribution < -0.4 is 5.73 Å². The lowest BCUT2D eigenvalue weighted by molar-refractivity contribution is 0.0742. The van der Waals surface area contributed by atoms with Crippen LogP contribution in [0.4, 0.5) is 10.2 Å². The van der Waals surface area contributed by atoms with Crippen LogP contribution >= 0.6 is 0 Å². The second-order valence-electron chi connectivity index (χ2n) is 4.05. The van der Waals surface area contributed by atoms with Gasteiger partial charge in [-0.15, -0.1) is 0 Å². The summed E-state index contributed by atoms with van der Waals surface area (Å²) < 4.78 is 13.6. The molecule has 0 aromatic carbocycles. The number of pyridine rings is 1. The van der Waals surface area contributed by atoms with Gasteiger partial charge in [0, 0.05) is 18.8 Å². The van der Waals surface area contributed by atoms with E-state index in [2.05, 4.69) is 4.98 Å². The number of carbonyl (C=O) groups excluding carboxylic acids is 1. The SMILES string of the molecule is CC1CCCN1C(=O)c1ccnc(N)c1F. The van der Waals surface area contributed by atoms with Crippen molar-refractivity contribution < 1.29 is 9.18 Å². The Morgan fingerprint density at radius 2 is 2.44 bits per heavy atom. The fourth-order valence-corrected chi connectivity index (χ4v) is 2.01. The van der Waals surface area contributed by atoms with Gasteiger partial charge in [0.2, 0.25) is 0 Å². The van der Waals surface area contributed by atoms with Crippen LogP contribution in [0.5, 0.6) is 0 Å². The Morgan fingerprint density at radius 1 is 1.69 bits per heavy atom. The van der Waals surface area contributed by atoms with Crippen LogP contribution in [0.2, 0.25) is 0 Å². The van der Waals surface area contributed by atoms with Crippen molar-refractivity contribution in [3.05, 3.63) is 23.6 Å². The molecular formula is C11H14FN3O. The van der Waals surface area contributed by atoms with Crippen LogP contribution in [0.1, 0.15) is 30.1 Å². The molecule has 1 aromatic rings. The molecule has 1 aliphatic rings. The summed E-state index contributed by atoms with van der Waals surface area (Å²) in [6.45, 7) is 2.65. The summed E-state index contributed by atoms with van der Waals surface area (Å²) in [5.41, 5.74) is 5.35. The summed E-state index contributed by atoms with van der Waals surface area (Å²) in [5.74, 6) is -1.24. The Morgan fingerprint density at radius 3 is 3.06 bits per heavy atom. The molecule has 5 heteroatoms. The van der Waals surface area contributed by atoms with Crippen LogP contribution in [0, 0.1) is 5.82 Å². The number of likely N-dealkylation sites (tertiary alicyclic amines) is 1. The van der Waals surface area contributed by atoms with Crippen molar-refractivity contribution in [3.8, 4) is 0 Å². The van der Waals surface area contributed by atoms with E-state index >= 15 is 0 Å². The van der Waals surface area contributed by atoms with Gasteiger partial charge < -0.3 is 10.6 Å². The molecule has 2 rings (SSSR count). The Kier molecular flexibility index (Phi) is 2.77. The summed E-state index contributed by atoms with van der Waals surface area (Å²) >= 11 is 0. The summed E-state index contributed by atoms with van der Waals surface area (Å²) in [4.78, 5) is 17.3. The Balaban J connectivity index is 2.30. The van der Waals surface area contributed by atoms with Gasteiger partial charge in [0.05, 0.1) is 5.56 Å². The van der Waals surface area contributed by atoms with Gasteiger partial charge in [-0.3, -0.25) is 4.79 Å². The number of nitrogens with zero attached hydrogens (tertiary/aromatic N) is 2. The zero-order valence-electron chi connectivity index (χ0n) is 9.11. The minimum atomic E-state index is -0.716. The van der Waals surface area contributed by atoms with E-state index in [1.165, 1.54) is 12.3 Å². The van der Waals surface area contributed by atoms with Crippen LogP contribution in [-0.2, 0) is 0 Å². The van der Waals surface area contributed by atoms with Gasteiger partial charge in [-0.05, 0) is 25.8 Å². The zero-order valence-corrected chi connectivity index (χ0v) is 9.11. The number of amides is 1. The highest BCUT2D eigenvalue weighted by Crippen LogP contribution is 2.21. The number of nitrogen functional groups attached to an aromatic ring is 1. The molecule has 1 fully saturated rings. The summed E-state index contributed by atoms with van der Waals surface area (Å²) in [6, 6.07) is 1.54. The molecule has 1 saturated heterocycles. The van der Waals surface area contributed by atoms with Crippen molar-refractivity contribution in [2.24, 2.45) is 0 Å². The number of carbonyl (C=O) groups is 1. The summed E-state index contributed by atoms with van der Waals surface area (Å²) in [7, 11) is 0.